The minimum atomic E-state index is -4.42. The highest BCUT2D eigenvalue weighted by atomic mass is 19.4. The van der Waals surface area contributed by atoms with Crippen LogP contribution < -0.4 is 11.1 Å². The van der Waals surface area contributed by atoms with E-state index in [1.165, 1.54) is 18.2 Å². The largest absolute Gasteiger partial charge is 0.418 e. The summed E-state index contributed by atoms with van der Waals surface area (Å²) in [4.78, 5) is 0. The van der Waals surface area contributed by atoms with Gasteiger partial charge in [0.1, 0.15) is 0 Å². The normalized spacial score (nSPS) is 13.2. The first-order valence-electron chi connectivity index (χ1n) is 4.70. The van der Waals surface area contributed by atoms with Gasteiger partial charge in [-0.1, -0.05) is 6.08 Å². The smallest absolute Gasteiger partial charge is 0.399 e. The molecule has 1 aromatic rings. The van der Waals surface area contributed by atoms with Gasteiger partial charge in [-0.3, -0.25) is 0 Å². The summed E-state index contributed by atoms with van der Waals surface area (Å²) in [6, 6.07) is 3.41. The molecule has 0 aliphatic carbocycles. The fraction of sp³-hybridized carbons (Fsp3) is 0.273. The van der Waals surface area contributed by atoms with Gasteiger partial charge >= 0.3 is 6.18 Å². The van der Waals surface area contributed by atoms with E-state index >= 15 is 0 Å². The van der Waals surface area contributed by atoms with Gasteiger partial charge in [0, 0.05) is 17.4 Å². The Labute approximate surface area is 92.0 Å². The Kier molecular flexibility index (Phi) is 3.47. The summed E-state index contributed by atoms with van der Waals surface area (Å²) in [5, 5.41) is 2.70. The zero-order valence-corrected chi connectivity index (χ0v) is 8.81. The molecule has 0 amide bonds. The summed E-state index contributed by atoms with van der Waals surface area (Å²) in [7, 11) is 0. The molecule has 0 aromatic heterocycles. The highest BCUT2D eigenvalue weighted by Crippen LogP contribution is 2.36. The predicted octanol–water partition coefficient (Wildman–Crippen LogP) is 3.27. The Morgan fingerprint density at radius 1 is 1.44 bits per heavy atom. The summed E-state index contributed by atoms with van der Waals surface area (Å²) in [6.45, 7) is 5.21. The summed E-state index contributed by atoms with van der Waals surface area (Å²) >= 11 is 0. The third-order valence-corrected chi connectivity index (χ3v) is 2.09. The lowest BCUT2D eigenvalue weighted by molar-refractivity contribution is -0.136. The Hall–Kier alpha value is -1.65. The highest BCUT2D eigenvalue weighted by molar-refractivity contribution is 5.59. The van der Waals surface area contributed by atoms with Gasteiger partial charge in [-0.2, -0.15) is 13.2 Å². The molecule has 16 heavy (non-hydrogen) atoms. The van der Waals surface area contributed by atoms with E-state index in [-0.39, 0.29) is 17.4 Å². The molecule has 0 fully saturated rings. The van der Waals surface area contributed by atoms with Crippen LogP contribution in [-0.2, 0) is 6.18 Å². The molecule has 0 heterocycles. The summed E-state index contributed by atoms with van der Waals surface area (Å²) in [6.07, 6.45) is -2.89. The van der Waals surface area contributed by atoms with Crippen molar-refractivity contribution in [2.75, 3.05) is 11.1 Å². The van der Waals surface area contributed by atoms with Gasteiger partial charge < -0.3 is 11.1 Å². The second-order valence-electron chi connectivity index (χ2n) is 3.47. The molecule has 0 radical (unpaired) electrons. The van der Waals surface area contributed by atoms with Crippen LogP contribution in [-0.4, -0.2) is 6.04 Å². The summed E-state index contributed by atoms with van der Waals surface area (Å²) < 4.78 is 38.0. The van der Waals surface area contributed by atoms with Crippen LogP contribution in [0.2, 0.25) is 0 Å². The third kappa shape index (κ3) is 2.92. The molecule has 3 N–H and O–H groups in total. The van der Waals surface area contributed by atoms with E-state index in [1.54, 1.807) is 6.92 Å². The molecule has 88 valence electrons. The molecule has 1 aromatic carbocycles. The standard InChI is InChI=1S/C11H13F3N2/c1-3-7(2)16-10-5-4-8(15)6-9(10)11(12,13)14/h3-7,16H,1,15H2,2H3. The molecular weight excluding hydrogens is 217 g/mol. The number of hydrogen-bond acceptors (Lipinski definition) is 2. The van der Waals surface area contributed by atoms with E-state index in [9.17, 15) is 13.2 Å². The lowest BCUT2D eigenvalue weighted by atomic mass is 10.1. The molecule has 0 saturated carbocycles. The van der Waals surface area contributed by atoms with Crippen molar-refractivity contribution in [2.24, 2.45) is 0 Å². The molecule has 0 bridgehead atoms. The fourth-order valence-corrected chi connectivity index (χ4v) is 1.23. The second kappa shape index (κ2) is 4.47. The highest BCUT2D eigenvalue weighted by Gasteiger charge is 2.33. The Balaban J connectivity index is 3.13. The number of hydrogen-bond donors (Lipinski definition) is 2. The van der Waals surface area contributed by atoms with E-state index in [1.807, 2.05) is 0 Å². The molecular formula is C11H13F3N2. The third-order valence-electron chi connectivity index (χ3n) is 2.09. The minimum absolute atomic E-state index is 0.00843. The van der Waals surface area contributed by atoms with Crippen LogP contribution >= 0.6 is 0 Å². The van der Waals surface area contributed by atoms with Gasteiger partial charge in [0.05, 0.1) is 5.56 Å². The maximum Gasteiger partial charge on any atom is 0.418 e. The number of rotatable bonds is 3. The van der Waals surface area contributed by atoms with Crippen molar-refractivity contribution < 1.29 is 13.2 Å². The van der Waals surface area contributed by atoms with Gasteiger partial charge in [-0.05, 0) is 25.1 Å². The quantitative estimate of drug-likeness (QED) is 0.617. The lowest BCUT2D eigenvalue weighted by Gasteiger charge is -2.17. The first-order valence-corrected chi connectivity index (χ1v) is 4.70. The van der Waals surface area contributed by atoms with Crippen LogP contribution in [0.15, 0.2) is 30.9 Å². The summed E-state index contributed by atoms with van der Waals surface area (Å²) in [5.74, 6) is 0. The fourth-order valence-electron chi connectivity index (χ4n) is 1.23. The SMILES string of the molecule is C=CC(C)Nc1ccc(N)cc1C(F)(F)F. The molecule has 5 heteroatoms. The average molecular weight is 230 g/mol. The van der Waals surface area contributed by atoms with Crippen molar-refractivity contribution in [1.82, 2.24) is 0 Å². The van der Waals surface area contributed by atoms with Crippen LogP contribution in [0.4, 0.5) is 24.5 Å². The van der Waals surface area contributed by atoms with Crippen LogP contribution in [0, 0.1) is 0 Å². The maximum absolute atomic E-state index is 12.7. The predicted molar refractivity (Wildman–Crippen MR) is 59.1 cm³/mol. The van der Waals surface area contributed by atoms with Crippen molar-refractivity contribution >= 4 is 11.4 Å². The number of halogens is 3. The van der Waals surface area contributed by atoms with Crippen LogP contribution in [0.5, 0.6) is 0 Å². The van der Waals surface area contributed by atoms with Crippen LogP contribution in [0.25, 0.3) is 0 Å². The minimum Gasteiger partial charge on any atom is -0.399 e. The monoisotopic (exact) mass is 230 g/mol. The van der Waals surface area contributed by atoms with E-state index in [0.717, 1.165) is 6.07 Å². The van der Waals surface area contributed by atoms with E-state index in [2.05, 4.69) is 11.9 Å². The van der Waals surface area contributed by atoms with Crippen molar-refractivity contribution in [3.05, 3.63) is 36.4 Å². The Morgan fingerprint density at radius 2 is 2.06 bits per heavy atom. The number of benzene rings is 1. The van der Waals surface area contributed by atoms with Crippen molar-refractivity contribution in [3.63, 3.8) is 0 Å². The van der Waals surface area contributed by atoms with E-state index in [0.29, 0.717) is 0 Å². The molecule has 2 nitrogen and oxygen atoms in total. The number of alkyl halides is 3. The molecule has 1 atom stereocenters. The molecule has 0 saturated heterocycles. The molecule has 0 spiro atoms. The van der Waals surface area contributed by atoms with E-state index in [4.69, 9.17) is 5.73 Å². The average Bonchev–Trinajstić information content (AvgIpc) is 2.19. The lowest BCUT2D eigenvalue weighted by Crippen LogP contribution is -2.16. The Morgan fingerprint density at radius 3 is 2.56 bits per heavy atom. The van der Waals surface area contributed by atoms with Gasteiger partial charge in [0.15, 0.2) is 0 Å². The van der Waals surface area contributed by atoms with Crippen LogP contribution in [0.3, 0.4) is 0 Å². The maximum atomic E-state index is 12.7. The first-order chi connectivity index (χ1) is 7.34. The van der Waals surface area contributed by atoms with Crippen molar-refractivity contribution in [2.45, 2.75) is 19.1 Å². The van der Waals surface area contributed by atoms with Crippen LogP contribution in [0.1, 0.15) is 12.5 Å². The number of nitrogen functional groups attached to an aromatic ring is 1. The zero-order valence-electron chi connectivity index (χ0n) is 8.81. The topological polar surface area (TPSA) is 38.0 Å². The zero-order chi connectivity index (χ0) is 12.3. The molecule has 0 aliphatic rings. The molecule has 1 unspecified atom stereocenters. The van der Waals surface area contributed by atoms with Crippen molar-refractivity contribution in [3.8, 4) is 0 Å². The molecule has 1 rings (SSSR count). The number of nitrogens with two attached hydrogens (primary N) is 1. The summed E-state index contributed by atoms with van der Waals surface area (Å²) in [5.41, 5.74) is 4.67. The van der Waals surface area contributed by atoms with Gasteiger partial charge in [0.25, 0.3) is 0 Å². The number of anilines is 2. The van der Waals surface area contributed by atoms with Gasteiger partial charge in [-0.25, -0.2) is 0 Å². The first kappa shape index (κ1) is 12.4. The van der Waals surface area contributed by atoms with Gasteiger partial charge in [0.2, 0.25) is 0 Å². The number of nitrogens with one attached hydrogen (secondary N) is 1. The van der Waals surface area contributed by atoms with Crippen molar-refractivity contribution in [1.29, 1.82) is 0 Å². The van der Waals surface area contributed by atoms with E-state index < -0.39 is 11.7 Å². The second-order valence-corrected chi connectivity index (χ2v) is 3.47. The molecule has 0 aliphatic heterocycles. The van der Waals surface area contributed by atoms with Gasteiger partial charge in [-0.15, -0.1) is 6.58 Å². The Bertz CT molecular complexity index is 385.